The third-order valence-corrected chi connectivity index (χ3v) is 6.60. The summed E-state index contributed by atoms with van der Waals surface area (Å²) < 4.78 is 16.6. The van der Waals surface area contributed by atoms with Crippen molar-refractivity contribution in [3.8, 4) is 17.2 Å². The van der Waals surface area contributed by atoms with E-state index in [1.165, 1.54) is 19.8 Å². The van der Waals surface area contributed by atoms with Gasteiger partial charge in [-0.3, -0.25) is 9.59 Å². The van der Waals surface area contributed by atoms with Crippen LogP contribution in [0.4, 0.5) is 5.69 Å². The van der Waals surface area contributed by atoms with E-state index in [1.807, 2.05) is 74.2 Å². The van der Waals surface area contributed by atoms with Crippen LogP contribution in [0.25, 0.3) is 0 Å². The van der Waals surface area contributed by atoms with Crippen molar-refractivity contribution in [3.05, 3.63) is 83.4 Å². The molecule has 0 spiro atoms. The van der Waals surface area contributed by atoms with E-state index in [0.29, 0.717) is 47.3 Å². The second kappa shape index (κ2) is 11.6. The zero-order valence-corrected chi connectivity index (χ0v) is 22.7. The molecule has 0 saturated carbocycles. The Morgan fingerprint density at radius 3 is 1.95 bits per heavy atom. The van der Waals surface area contributed by atoms with Crippen LogP contribution in [0.3, 0.4) is 0 Å². The van der Waals surface area contributed by atoms with Crippen molar-refractivity contribution in [1.82, 2.24) is 4.90 Å². The van der Waals surface area contributed by atoms with Crippen LogP contribution in [0.5, 0.6) is 17.2 Å². The van der Waals surface area contributed by atoms with E-state index in [4.69, 9.17) is 14.2 Å². The molecule has 1 saturated heterocycles. The molecule has 1 fully saturated rings. The molecule has 2 amide bonds. The Balaban J connectivity index is 1.33. The summed E-state index contributed by atoms with van der Waals surface area (Å²) >= 11 is 0. The second-order valence-corrected chi connectivity index (χ2v) is 10.4. The Hall–Kier alpha value is -4.00. The van der Waals surface area contributed by atoms with E-state index in [0.717, 1.165) is 18.6 Å². The Morgan fingerprint density at radius 1 is 0.842 bits per heavy atom. The first kappa shape index (κ1) is 27.0. The number of nitrogens with one attached hydrogen (secondary N) is 1. The lowest BCUT2D eigenvalue weighted by Crippen LogP contribution is -2.37. The number of methoxy groups -OCH3 is 2. The SMILES string of the molecule is COc1cccc(OC)c1C(=O)Nc1ccc(C2CCN(C(=O)c3ccc(OC(C)(C)C)cc3)CC2)cc1. The van der Waals surface area contributed by atoms with Crippen LogP contribution in [0.15, 0.2) is 66.7 Å². The number of nitrogens with zero attached hydrogens (tertiary/aromatic N) is 1. The molecule has 3 aromatic rings. The molecule has 1 N–H and O–H groups in total. The zero-order chi connectivity index (χ0) is 27.3. The Morgan fingerprint density at radius 2 is 1.42 bits per heavy atom. The minimum Gasteiger partial charge on any atom is -0.496 e. The first-order chi connectivity index (χ1) is 18.2. The monoisotopic (exact) mass is 516 g/mol. The Labute approximate surface area is 224 Å². The van der Waals surface area contributed by atoms with Crippen LogP contribution in [0, 0.1) is 0 Å². The highest BCUT2D eigenvalue weighted by atomic mass is 16.5. The molecule has 0 radical (unpaired) electrons. The normalized spacial score (nSPS) is 14.1. The number of carbonyl (C=O) groups is 2. The van der Waals surface area contributed by atoms with Crippen LogP contribution in [-0.2, 0) is 0 Å². The highest BCUT2D eigenvalue weighted by molar-refractivity contribution is 6.08. The average molecular weight is 517 g/mol. The Kier molecular flexibility index (Phi) is 8.25. The molecule has 0 atom stereocenters. The van der Waals surface area contributed by atoms with Crippen molar-refractivity contribution in [2.24, 2.45) is 0 Å². The lowest BCUT2D eigenvalue weighted by molar-refractivity contribution is 0.0712. The van der Waals surface area contributed by atoms with Gasteiger partial charge < -0.3 is 24.4 Å². The lowest BCUT2D eigenvalue weighted by atomic mass is 9.89. The van der Waals surface area contributed by atoms with E-state index in [-0.39, 0.29) is 17.4 Å². The summed E-state index contributed by atoms with van der Waals surface area (Å²) in [6.45, 7) is 7.41. The highest BCUT2D eigenvalue weighted by Crippen LogP contribution is 2.31. The van der Waals surface area contributed by atoms with Gasteiger partial charge in [-0.05, 0) is 93.6 Å². The summed E-state index contributed by atoms with van der Waals surface area (Å²) in [4.78, 5) is 27.9. The van der Waals surface area contributed by atoms with Gasteiger partial charge in [0.05, 0.1) is 14.2 Å². The predicted molar refractivity (Wildman–Crippen MR) is 149 cm³/mol. The smallest absolute Gasteiger partial charge is 0.263 e. The number of piperidine rings is 1. The average Bonchev–Trinajstić information content (AvgIpc) is 2.92. The van der Waals surface area contributed by atoms with Crippen LogP contribution in [0.2, 0.25) is 0 Å². The first-order valence-electron chi connectivity index (χ1n) is 12.9. The van der Waals surface area contributed by atoms with Crippen molar-refractivity contribution in [2.75, 3.05) is 32.6 Å². The predicted octanol–water partition coefficient (Wildman–Crippen LogP) is 6.15. The quantitative estimate of drug-likeness (QED) is 0.407. The molecule has 4 rings (SSSR count). The molecular weight excluding hydrogens is 480 g/mol. The zero-order valence-electron chi connectivity index (χ0n) is 22.7. The number of carbonyl (C=O) groups excluding carboxylic acids is 2. The molecule has 7 heteroatoms. The summed E-state index contributed by atoms with van der Waals surface area (Å²) in [6.07, 6.45) is 1.78. The van der Waals surface area contributed by atoms with Crippen LogP contribution in [0.1, 0.15) is 65.8 Å². The fourth-order valence-corrected chi connectivity index (χ4v) is 4.72. The number of anilines is 1. The molecule has 1 aliphatic heterocycles. The number of ether oxygens (including phenoxy) is 3. The molecule has 1 aliphatic rings. The maximum atomic E-state index is 13.0. The van der Waals surface area contributed by atoms with E-state index in [9.17, 15) is 9.59 Å². The molecule has 7 nitrogen and oxygen atoms in total. The van der Waals surface area contributed by atoms with Crippen molar-refractivity contribution >= 4 is 17.5 Å². The van der Waals surface area contributed by atoms with Gasteiger partial charge in [0, 0.05) is 24.3 Å². The van der Waals surface area contributed by atoms with Crippen molar-refractivity contribution in [2.45, 2.75) is 45.1 Å². The topological polar surface area (TPSA) is 77.1 Å². The van der Waals surface area contributed by atoms with E-state index in [1.54, 1.807) is 18.2 Å². The van der Waals surface area contributed by atoms with Gasteiger partial charge in [0.2, 0.25) is 0 Å². The fourth-order valence-electron chi connectivity index (χ4n) is 4.72. The summed E-state index contributed by atoms with van der Waals surface area (Å²) in [6, 6.07) is 20.5. The fraction of sp³-hybridized carbons (Fsp3) is 0.355. The number of amides is 2. The molecule has 0 unspecified atom stereocenters. The number of benzene rings is 3. The highest BCUT2D eigenvalue weighted by Gasteiger charge is 2.25. The second-order valence-electron chi connectivity index (χ2n) is 10.4. The molecule has 0 bridgehead atoms. The van der Waals surface area contributed by atoms with E-state index in [2.05, 4.69) is 5.32 Å². The van der Waals surface area contributed by atoms with Gasteiger partial charge in [0.1, 0.15) is 28.4 Å². The van der Waals surface area contributed by atoms with Crippen LogP contribution < -0.4 is 19.5 Å². The third kappa shape index (κ3) is 6.46. The molecule has 3 aromatic carbocycles. The summed E-state index contributed by atoms with van der Waals surface area (Å²) in [5, 5.41) is 2.93. The molecule has 0 aliphatic carbocycles. The maximum Gasteiger partial charge on any atom is 0.263 e. The van der Waals surface area contributed by atoms with Crippen molar-refractivity contribution < 1.29 is 23.8 Å². The van der Waals surface area contributed by atoms with Crippen LogP contribution >= 0.6 is 0 Å². The largest absolute Gasteiger partial charge is 0.496 e. The van der Waals surface area contributed by atoms with Gasteiger partial charge in [0.25, 0.3) is 11.8 Å². The van der Waals surface area contributed by atoms with E-state index < -0.39 is 0 Å². The lowest BCUT2D eigenvalue weighted by Gasteiger charge is -2.32. The van der Waals surface area contributed by atoms with Gasteiger partial charge in [-0.1, -0.05) is 18.2 Å². The van der Waals surface area contributed by atoms with Crippen LogP contribution in [-0.4, -0.2) is 49.6 Å². The minimum absolute atomic E-state index is 0.0515. The molecule has 1 heterocycles. The van der Waals surface area contributed by atoms with Gasteiger partial charge >= 0.3 is 0 Å². The van der Waals surface area contributed by atoms with Gasteiger partial charge in [-0.25, -0.2) is 0 Å². The first-order valence-corrected chi connectivity index (χ1v) is 12.9. The Bertz CT molecular complexity index is 1230. The molecule has 38 heavy (non-hydrogen) atoms. The van der Waals surface area contributed by atoms with Crippen molar-refractivity contribution in [1.29, 1.82) is 0 Å². The van der Waals surface area contributed by atoms with E-state index >= 15 is 0 Å². The summed E-state index contributed by atoms with van der Waals surface area (Å²) in [5.41, 5.74) is 2.65. The number of likely N-dealkylation sites (tertiary alicyclic amines) is 1. The third-order valence-electron chi connectivity index (χ3n) is 6.60. The summed E-state index contributed by atoms with van der Waals surface area (Å²) in [7, 11) is 3.05. The summed E-state index contributed by atoms with van der Waals surface area (Å²) in [5.74, 6) is 1.78. The number of hydrogen-bond donors (Lipinski definition) is 1. The molecule has 200 valence electrons. The number of hydrogen-bond acceptors (Lipinski definition) is 5. The standard InChI is InChI=1S/C31H36N2O5/c1-31(2,3)38-25-15-11-23(12-16-25)30(35)33-19-17-22(18-20-33)21-9-13-24(14-10-21)32-29(34)28-26(36-4)7-6-8-27(28)37-5/h6-16,22H,17-20H2,1-5H3,(H,32,34). The molecule has 0 aromatic heterocycles. The van der Waals surface area contributed by atoms with Gasteiger partial charge in [0.15, 0.2) is 0 Å². The maximum absolute atomic E-state index is 13.0. The van der Waals surface area contributed by atoms with Gasteiger partial charge in [-0.15, -0.1) is 0 Å². The van der Waals surface area contributed by atoms with Crippen molar-refractivity contribution in [3.63, 3.8) is 0 Å². The number of rotatable bonds is 7. The van der Waals surface area contributed by atoms with Gasteiger partial charge in [-0.2, -0.15) is 0 Å². The molecular formula is C31H36N2O5. The minimum atomic E-state index is -0.295.